The van der Waals surface area contributed by atoms with Gasteiger partial charge in [0.05, 0.1) is 33.3 Å². The number of amides is 1. The van der Waals surface area contributed by atoms with Gasteiger partial charge in [0.25, 0.3) is 16.0 Å². The van der Waals surface area contributed by atoms with Crippen LogP contribution in [0.1, 0.15) is 15.9 Å². The molecule has 3 N–H and O–H groups in total. The number of hydrogen-bond donors (Lipinski definition) is 3. The molecule has 0 saturated heterocycles. The molecule has 12 heteroatoms. The Balaban J connectivity index is 1.77. The number of hydrogen-bond acceptors (Lipinski definition) is 7. The van der Waals surface area contributed by atoms with E-state index in [9.17, 15) is 22.9 Å². The Morgan fingerprint density at radius 2 is 1.73 bits per heavy atom. The van der Waals surface area contributed by atoms with E-state index in [1.165, 1.54) is 32.2 Å². The Morgan fingerprint density at radius 3 is 2.41 bits per heavy atom. The first-order valence-electron chi connectivity index (χ1n) is 10.6. The third kappa shape index (κ3) is 5.52. The largest absolute Gasteiger partial charge is 0.505 e. The van der Waals surface area contributed by atoms with E-state index in [0.29, 0.717) is 22.2 Å². The van der Waals surface area contributed by atoms with E-state index in [2.05, 4.69) is 15.5 Å². The standard InChI is InChI=1S/C25H19Cl2N3O6S/c1-13-9-21(19(27)12-22(13)37(33,34)35)29-30-23-16-6-4-3-5-14(16)10-17(24(23)31)25(32)28-20-8-7-15(36-2)11-18(20)26/h3-12,31H,1-2H3,(H,28,32)(H,33,34,35). The molecule has 0 aromatic heterocycles. The first-order valence-corrected chi connectivity index (χ1v) is 12.8. The number of aryl methyl sites for hydroxylation is 1. The summed E-state index contributed by atoms with van der Waals surface area (Å²) in [6.45, 7) is 1.46. The first kappa shape index (κ1) is 26.4. The zero-order valence-corrected chi connectivity index (χ0v) is 21.7. The Morgan fingerprint density at radius 1 is 1.00 bits per heavy atom. The number of carbonyl (C=O) groups is 1. The minimum absolute atomic E-state index is 0.00310. The van der Waals surface area contributed by atoms with Crippen LogP contribution in [0.25, 0.3) is 10.8 Å². The summed E-state index contributed by atoms with van der Waals surface area (Å²) < 4.78 is 37.5. The lowest BCUT2D eigenvalue weighted by Crippen LogP contribution is -2.12. The monoisotopic (exact) mass is 559 g/mol. The molecule has 4 rings (SSSR count). The van der Waals surface area contributed by atoms with Gasteiger partial charge in [-0.25, -0.2) is 0 Å². The van der Waals surface area contributed by atoms with Gasteiger partial charge in [0.2, 0.25) is 0 Å². The van der Waals surface area contributed by atoms with Crippen molar-refractivity contribution in [3.8, 4) is 11.5 Å². The van der Waals surface area contributed by atoms with Gasteiger partial charge in [-0.2, -0.15) is 8.42 Å². The van der Waals surface area contributed by atoms with E-state index in [4.69, 9.17) is 27.9 Å². The number of nitrogens with one attached hydrogen (secondary N) is 1. The molecule has 0 atom stereocenters. The molecule has 4 aromatic rings. The van der Waals surface area contributed by atoms with Gasteiger partial charge in [0.1, 0.15) is 17.1 Å². The lowest BCUT2D eigenvalue weighted by molar-refractivity contribution is 0.102. The summed E-state index contributed by atoms with van der Waals surface area (Å²) in [6.07, 6.45) is 0. The molecule has 0 unspecified atom stereocenters. The molecule has 190 valence electrons. The van der Waals surface area contributed by atoms with Gasteiger partial charge in [0.15, 0.2) is 5.75 Å². The zero-order chi connectivity index (χ0) is 26.9. The van der Waals surface area contributed by atoms with Crippen molar-refractivity contribution in [1.82, 2.24) is 0 Å². The van der Waals surface area contributed by atoms with Crippen LogP contribution in [0.3, 0.4) is 0 Å². The Kier molecular flexibility index (Phi) is 7.37. The molecule has 0 fully saturated rings. The third-order valence-electron chi connectivity index (χ3n) is 5.44. The molecule has 1 amide bonds. The number of methoxy groups -OCH3 is 1. The van der Waals surface area contributed by atoms with Crippen LogP contribution in [0, 0.1) is 6.92 Å². The smallest absolute Gasteiger partial charge is 0.294 e. The highest BCUT2D eigenvalue weighted by atomic mass is 35.5. The van der Waals surface area contributed by atoms with Crippen molar-refractivity contribution in [2.45, 2.75) is 11.8 Å². The molecule has 0 aliphatic heterocycles. The number of aromatic hydroxyl groups is 1. The first-order chi connectivity index (χ1) is 17.5. The fourth-order valence-electron chi connectivity index (χ4n) is 3.61. The van der Waals surface area contributed by atoms with Crippen LogP contribution < -0.4 is 10.1 Å². The molecule has 0 radical (unpaired) electrons. The average Bonchev–Trinajstić information content (AvgIpc) is 2.85. The fourth-order valence-corrected chi connectivity index (χ4v) is 4.83. The van der Waals surface area contributed by atoms with E-state index < -0.39 is 21.8 Å². The van der Waals surface area contributed by atoms with Gasteiger partial charge in [-0.1, -0.05) is 47.5 Å². The maximum absolute atomic E-state index is 13.1. The van der Waals surface area contributed by atoms with Crippen LogP contribution in [0.4, 0.5) is 17.1 Å². The average molecular weight is 560 g/mol. The number of benzene rings is 4. The molecule has 0 saturated carbocycles. The van der Waals surface area contributed by atoms with Gasteiger partial charge in [-0.3, -0.25) is 9.35 Å². The van der Waals surface area contributed by atoms with Gasteiger partial charge < -0.3 is 15.2 Å². The maximum Gasteiger partial charge on any atom is 0.294 e. The summed E-state index contributed by atoms with van der Waals surface area (Å²) in [5.74, 6) is -0.567. The van der Waals surface area contributed by atoms with Crippen LogP contribution in [-0.2, 0) is 10.1 Å². The van der Waals surface area contributed by atoms with E-state index in [1.54, 1.807) is 36.4 Å². The van der Waals surface area contributed by atoms with Crippen LogP contribution in [-0.4, -0.2) is 31.1 Å². The quantitative estimate of drug-likeness (QED) is 0.170. The zero-order valence-electron chi connectivity index (χ0n) is 19.4. The minimum atomic E-state index is -4.48. The number of phenolic OH excluding ortho intramolecular Hbond substituents is 1. The molecule has 0 heterocycles. The van der Waals surface area contributed by atoms with Crippen LogP contribution >= 0.6 is 23.2 Å². The molecule has 0 aliphatic carbocycles. The van der Waals surface area contributed by atoms with E-state index in [1.807, 2.05) is 0 Å². The second kappa shape index (κ2) is 10.3. The summed E-state index contributed by atoms with van der Waals surface area (Å²) in [7, 11) is -2.99. The van der Waals surface area contributed by atoms with Crippen molar-refractivity contribution in [2.24, 2.45) is 10.2 Å². The molecule has 0 aliphatic rings. The summed E-state index contributed by atoms with van der Waals surface area (Å²) in [4.78, 5) is 12.7. The maximum atomic E-state index is 13.1. The van der Waals surface area contributed by atoms with Crippen molar-refractivity contribution in [3.63, 3.8) is 0 Å². The highest BCUT2D eigenvalue weighted by Crippen LogP contribution is 2.41. The molecule has 4 aromatic carbocycles. The topological polar surface area (TPSA) is 138 Å². The second-order valence-electron chi connectivity index (χ2n) is 7.89. The Bertz CT molecular complexity index is 1690. The van der Waals surface area contributed by atoms with Crippen molar-refractivity contribution in [1.29, 1.82) is 0 Å². The van der Waals surface area contributed by atoms with E-state index in [0.717, 1.165) is 6.07 Å². The molecule has 37 heavy (non-hydrogen) atoms. The molecular formula is C25H19Cl2N3O6S. The van der Waals surface area contributed by atoms with Crippen LogP contribution in [0.5, 0.6) is 11.5 Å². The molecule has 0 bridgehead atoms. The number of carbonyl (C=O) groups excluding carboxylic acids is 1. The molecule has 9 nitrogen and oxygen atoms in total. The molecule has 0 spiro atoms. The fraction of sp³-hybridized carbons (Fsp3) is 0.0800. The lowest BCUT2D eigenvalue weighted by Gasteiger charge is -2.12. The number of halogens is 2. The van der Waals surface area contributed by atoms with Crippen LogP contribution in [0.2, 0.25) is 10.0 Å². The highest BCUT2D eigenvalue weighted by Gasteiger charge is 2.20. The number of anilines is 1. The summed E-state index contributed by atoms with van der Waals surface area (Å²) in [5, 5.41) is 23.2. The Labute approximate surface area is 222 Å². The number of phenols is 1. The van der Waals surface area contributed by atoms with Crippen molar-refractivity contribution in [3.05, 3.63) is 81.8 Å². The minimum Gasteiger partial charge on any atom is -0.505 e. The summed E-state index contributed by atoms with van der Waals surface area (Å²) >= 11 is 12.4. The van der Waals surface area contributed by atoms with Crippen LogP contribution in [0.15, 0.2) is 75.8 Å². The van der Waals surface area contributed by atoms with Gasteiger partial charge in [-0.15, -0.1) is 10.2 Å². The summed E-state index contributed by atoms with van der Waals surface area (Å²) in [5.41, 5.74) is 0.513. The number of azo groups is 1. The third-order valence-corrected chi connectivity index (χ3v) is 7.06. The predicted molar refractivity (Wildman–Crippen MR) is 142 cm³/mol. The SMILES string of the molecule is COc1ccc(NC(=O)c2cc3ccccc3c(N=Nc3cc(C)c(S(=O)(=O)O)cc3Cl)c2O)c(Cl)c1. The number of fused-ring (bicyclic) bond motifs is 1. The lowest BCUT2D eigenvalue weighted by atomic mass is 10.0. The number of ether oxygens (including phenoxy) is 1. The normalized spacial score (nSPS) is 11.7. The van der Waals surface area contributed by atoms with Crippen molar-refractivity contribution < 1.29 is 27.6 Å². The second-order valence-corrected chi connectivity index (χ2v) is 10.1. The molecular weight excluding hydrogens is 541 g/mol. The Hall–Kier alpha value is -3.70. The van der Waals surface area contributed by atoms with Gasteiger partial charge in [0, 0.05) is 11.5 Å². The highest BCUT2D eigenvalue weighted by molar-refractivity contribution is 7.85. The number of rotatable bonds is 6. The van der Waals surface area contributed by atoms with Crippen molar-refractivity contribution >= 4 is 67.1 Å². The number of nitrogens with zero attached hydrogens (tertiary/aromatic N) is 2. The van der Waals surface area contributed by atoms with Gasteiger partial charge >= 0.3 is 0 Å². The van der Waals surface area contributed by atoms with Gasteiger partial charge in [-0.05, 0) is 48.2 Å². The van der Waals surface area contributed by atoms with E-state index in [-0.39, 0.29) is 37.4 Å². The van der Waals surface area contributed by atoms with Crippen molar-refractivity contribution in [2.75, 3.05) is 12.4 Å². The van der Waals surface area contributed by atoms with E-state index >= 15 is 0 Å². The summed E-state index contributed by atoms with van der Waals surface area (Å²) in [6, 6.07) is 15.6. The predicted octanol–water partition coefficient (Wildman–Crippen LogP) is 7.08.